The highest BCUT2D eigenvalue weighted by molar-refractivity contribution is 6.31. The van der Waals surface area contributed by atoms with Gasteiger partial charge in [0, 0.05) is 23.4 Å². The summed E-state index contributed by atoms with van der Waals surface area (Å²) < 4.78 is 0. The Morgan fingerprint density at radius 1 is 1.17 bits per heavy atom. The molecule has 2 aromatic rings. The van der Waals surface area contributed by atoms with Crippen molar-refractivity contribution in [2.24, 2.45) is 0 Å². The lowest BCUT2D eigenvalue weighted by Gasteiger charge is -2.19. The van der Waals surface area contributed by atoms with Gasteiger partial charge in [-0.15, -0.1) is 0 Å². The minimum Gasteiger partial charge on any atom is -0.396 e. The number of rotatable bonds is 8. The molecule has 0 spiro atoms. The molecule has 128 valence electrons. The zero-order valence-corrected chi connectivity index (χ0v) is 14.5. The van der Waals surface area contributed by atoms with Gasteiger partial charge in [0.25, 0.3) is 0 Å². The molecule has 1 atom stereocenters. The van der Waals surface area contributed by atoms with Crippen LogP contribution in [0, 0.1) is 6.92 Å². The third kappa shape index (κ3) is 5.34. The van der Waals surface area contributed by atoms with Crippen molar-refractivity contribution in [1.82, 2.24) is 5.32 Å². The summed E-state index contributed by atoms with van der Waals surface area (Å²) in [5.74, 6) is -0.120. The first-order valence-electron chi connectivity index (χ1n) is 8.06. The monoisotopic (exact) mass is 346 g/mol. The molecule has 0 aliphatic carbocycles. The number of hydrogen-bond donors (Lipinski definition) is 3. The molecule has 0 aliphatic rings. The summed E-state index contributed by atoms with van der Waals surface area (Å²) >= 11 is 6.07. The minimum absolute atomic E-state index is 0.0320. The van der Waals surface area contributed by atoms with Gasteiger partial charge in [-0.2, -0.15) is 0 Å². The number of aliphatic hydroxyl groups excluding tert-OH is 1. The second-order valence-corrected chi connectivity index (χ2v) is 6.08. The third-order valence-corrected chi connectivity index (χ3v) is 4.31. The largest absolute Gasteiger partial charge is 0.396 e. The number of hydrogen-bond acceptors (Lipinski definition) is 3. The van der Waals surface area contributed by atoms with Crippen LogP contribution in [0.5, 0.6) is 0 Å². The number of amides is 1. The SMILES string of the molecule is Cc1c(Cl)cccc1NC(=O)CNC(CCCO)c1ccccc1. The number of carbonyl (C=O) groups is 1. The molecule has 0 fully saturated rings. The summed E-state index contributed by atoms with van der Waals surface area (Å²) in [5.41, 5.74) is 2.69. The quantitative estimate of drug-likeness (QED) is 0.683. The molecule has 0 saturated carbocycles. The minimum atomic E-state index is -0.120. The summed E-state index contributed by atoms with van der Waals surface area (Å²) in [7, 11) is 0. The molecule has 1 unspecified atom stereocenters. The molecule has 3 N–H and O–H groups in total. The van der Waals surface area contributed by atoms with Crippen molar-refractivity contribution in [2.75, 3.05) is 18.5 Å². The summed E-state index contributed by atoms with van der Waals surface area (Å²) in [6.45, 7) is 2.20. The lowest BCUT2D eigenvalue weighted by atomic mass is 10.0. The molecule has 2 rings (SSSR count). The Morgan fingerprint density at radius 2 is 1.92 bits per heavy atom. The molecule has 0 aromatic heterocycles. The van der Waals surface area contributed by atoms with Crippen LogP contribution in [0.15, 0.2) is 48.5 Å². The molecule has 2 aromatic carbocycles. The summed E-state index contributed by atoms with van der Waals surface area (Å²) in [4.78, 5) is 12.2. The van der Waals surface area contributed by atoms with Crippen LogP contribution >= 0.6 is 11.6 Å². The zero-order valence-electron chi connectivity index (χ0n) is 13.8. The summed E-state index contributed by atoms with van der Waals surface area (Å²) in [6.07, 6.45) is 1.45. The highest BCUT2D eigenvalue weighted by Crippen LogP contribution is 2.23. The van der Waals surface area contributed by atoms with E-state index < -0.39 is 0 Å². The van der Waals surface area contributed by atoms with Gasteiger partial charge in [0.05, 0.1) is 6.54 Å². The molecule has 0 heterocycles. The average Bonchev–Trinajstić information content (AvgIpc) is 2.60. The van der Waals surface area contributed by atoms with E-state index in [0.29, 0.717) is 11.4 Å². The standard InChI is InChI=1S/C19H23ClN2O2/c1-14-16(20)9-5-10-17(14)22-19(24)13-21-18(11-6-12-23)15-7-3-2-4-8-15/h2-5,7-10,18,21,23H,6,11-13H2,1H3,(H,22,24). The number of halogens is 1. The predicted octanol–water partition coefficient (Wildman–Crippen LogP) is 3.69. The first kappa shape index (κ1) is 18.5. The van der Waals surface area contributed by atoms with Crippen LogP contribution in [-0.4, -0.2) is 24.2 Å². The fraction of sp³-hybridized carbons (Fsp3) is 0.316. The Morgan fingerprint density at radius 3 is 2.62 bits per heavy atom. The van der Waals surface area contributed by atoms with Crippen LogP contribution in [-0.2, 0) is 4.79 Å². The van der Waals surface area contributed by atoms with E-state index in [-0.39, 0.29) is 25.1 Å². The van der Waals surface area contributed by atoms with Gasteiger partial charge in [0.15, 0.2) is 0 Å². The van der Waals surface area contributed by atoms with Crippen LogP contribution in [0.25, 0.3) is 0 Å². The van der Waals surface area contributed by atoms with E-state index >= 15 is 0 Å². The van der Waals surface area contributed by atoms with Crippen LogP contribution in [0.3, 0.4) is 0 Å². The maximum Gasteiger partial charge on any atom is 0.238 e. The summed E-state index contributed by atoms with van der Waals surface area (Å²) in [6, 6.07) is 15.4. The fourth-order valence-electron chi connectivity index (χ4n) is 2.52. The van der Waals surface area contributed by atoms with E-state index in [2.05, 4.69) is 10.6 Å². The van der Waals surface area contributed by atoms with E-state index in [1.54, 1.807) is 6.07 Å². The van der Waals surface area contributed by atoms with Crippen molar-refractivity contribution in [3.63, 3.8) is 0 Å². The Balaban J connectivity index is 1.95. The topological polar surface area (TPSA) is 61.4 Å². The Hall–Kier alpha value is -1.88. The molecule has 4 nitrogen and oxygen atoms in total. The van der Waals surface area contributed by atoms with Crippen molar-refractivity contribution in [3.8, 4) is 0 Å². The lowest BCUT2D eigenvalue weighted by molar-refractivity contribution is -0.115. The van der Waals surface area contributed by atoms with Gasteiger partial charge >= 0.3 is 0 Å². The molecule has 0 saturated heterocycles. The smallest absolute Gasteiger partial charge is 0.238 e. The molecule has 0 bridgehead atoms. The van der Waals surface area contributed by atoms with Crippen molar-refractivity contribution >= 4 is 23.2 Å². The molecule has 0 radical (unpaired) electrons. The first-order valence-corrected chi connectivity index (χ1v) is 8.43. The molecular weight excluding hydrogens is 324 g/mol. The van der Waals surface area contributed by atoms with Gasteiger partial charge in [-0.05, 0) is 43.0 Å². The van der Waals surface area contributed by atoms with Crippen LogP contribution in [0.2, 0.25) is 5.02 Å². The predicted molar refractivity (Wildman–Crippen MR) is 98.3 cm³/mol. The van der Waals surface area contributed by atoms with Crippen molar-refractivity contribution in [3.05, 3.63) is 64.7 Å². The van der Waals surface area contributed by atoms with E-state index in [4.69, 9.17) is 16.7 Å². The average molecular weight is 347 g/mol. The van der Waals surface area contributed by atoms with E-state index in [1.165, 1.54) is 0 Å². The van der Waals surface area contributed by atoms with Gasteiger partial charge in [0.1, 0.15) is 0 Å². The Kier molecular flexibility index (Phi) is 7.25. The highest BCUT2D eigenvalue weighted by atomic mass is 35.5. The number of benzene rings is 2. The third-order valence-electron chi connectivity index (χ3n) is 3.90. The highest BCUT2D eigenvalue weighted by Gasteiger charge is 2.13. The Bertz CT molecular complexity index is 662. The normalized spacial score (nSPS) is 12.0. The summed E-state index contributed by atoms with van der Waals surface area (Å²) in [5, 5.41) is 15.8. The number of carbonyl (C=O) groups excluding carboxylic acids is 1. The van der Waals surface area contributed by atoms with Crippen molar-refractivity contribution < 1.29 is 9.90 Å². The van der Waals surface area contributed by atoms with E-state index in [0.717, 1.165) is 23.2 Å². The van der Waals surface area contributed by atoms with Crippen molar-refractivity contribution in [1.29, 1.82) is 0 Å². The maximum absolute atomic E-state index is 12.2. The molecular formula is C19H23ClN2O2. The van der Waals surface area contributed by atoms with Crippen LogP contribution < -0.4 is 10.6 Å². The van der Waals surface area contributed by atoms with Crippen LogP contribution in [0.4, 0.5) is 5.69 Å². The first-order chi connectivity index (χ1) is 11.6. The van der Waals surface area contributed by atoms with E-state index in [9.17, 15) is 4.79 Å². The Labute approximate surface area is 147 Å². The van der Waals surface area contributed by atoms with Gasteiger partial charge in [0.2, 0.25) is 5.91 Å². The number of nitrogens with one attached hydrogen (secondary N) is 2. The lowest BCUT2D eigenvalue weighted by Crippen LogP contribution is -2.31. The maximum atomic E-state index is 12.2. The molecule has 1 amide bonds. The molecule has 0 aliphatic heterocycles. The van der Waals surface area contributed by atoms with E-state index in [1.807, 2.05) is 49.4 Å². The van der Waals surface area contributed by atoms with Crippen molar-refractivity contribution in [2.45, 2.75) is 25.8 Å². The van der Waals surface area contributed by atoms with Gasteiger partial charge in [-0.3, -0.25) is 4.79 Å². The zero-order chi connectivity index (χ0) is 17.4. The number of aliphatic hydroxyl groups is 1. The molecule has 5 heteroatoms. The van der Waals surface area contributed by atoms with Gasteiger partial charge < -0.3 is 15.7 Å². The second kappa shape index (κ2) is 9.42. The number of anilines is 1. The second-order valence-electron chi connectivity index (χ2n) is 5.67. The van der Waals surface area contributed by atoms with Gasteiger partial charge in [-0.1, -0.05) is 48.0 Å². The van der Waals surface area contributed by atoms with Gasteiger partial charge in [-0.25, -0.2) is 0 Å². The molecule has 24 heavy (non-hydrogen) atoms. The fourth-order valence-corrected chi connectivity index (χ4v) is 2.70. The van der Waals surface area contributed by atoms with Crippen LogP contribution in [0.1, 0.15) is 30.0 Å².